The van der Waals surface area contributed by atoms with Crippen LogP contribution in [0.25, 0.3) is 0 Å². The average Bonchev–Trinajstić information content (AvgIpc) is 3.09. The van der Waals surface area contributed by atoms with Crippen LogP contribution in [0.5, 0.6) is 0 Å². The van der Waals surface area contributed by atoms with Gasteiger partial charge in [-0.2, -0.15) is 0 Å². The van der Waals surface area contributed by atoms with Crippen molar-refractivity contribution in [3.63, 3.8) is 0 Å². The number of hydrogen-bond acceptors (Lipinski definition) is 5. The minimum atomic E-state index is -0.538. The fourth-order valence-corrected chi connectivity index (χ4v) is 5.33. The van der Waals surface area contributed by atoms with Gasteiger partial charge in [-0.3, -0.25) is 19.3 Å². The second kappa shape index (κ2) is 14.0. The van der Waals surface area contributed by atoms with Crippen LogP contribution in [0.1, 0.15) is 51.5 Å². The van der Waals surface area contributed by atoms with E-state index in [2.05, 4.69) is 10.6 Å². The largest absolute Gasteiger partial charge is 0.361 e. The summed E-state index contributed by atoms with van der Waals surface area (Å²) in [6.45, 7) is 1.30. The zero-order chi connectivity index (χ0) is 29.5. The van der Waals surface area contributed by atoms with Gasteiger partial charge in [-0.1, -0.05) is 35.3 Å². The number of nitrogens with one attached hydrogen (secondary N) is 2. The molecule has 0 aliphatic carbocycles. The van der Waals surface area contributed by atoms with E-state index in [4.69, 9.17) is 27.9 Å². The van der Waals surface area contributed by atoms with Gasteiger partial charge < -0.3 is 20.3 Å². The number of carbonyl (C=O) groups is 3. The molecule has 0 spiro atoms. The van der Waals surface area contributed by atoms with Gasteiger partial charge in [0.15, 0.2) is 0 Å². The molecule has 41 heavy (non-hydrogen) atoms. The van der Waals surface area contributed by atoms with E-state index in [1.807, 2.05) is 31.1 Å². The van der Waals surface area contributed by atoms with Crippen LogP contribution in [0.3, 0.4) is 0 Å². The Morgan fingerprint density at radius 3 is 2.41 bits per heavy atom. The maximum absolute atomic E-state index is 13.9. The van der Waals surface area contributed by atoms with Crippen LogP contribution in [0.4, 0.5) is 11.4 Å². The first-order valence-electron chi connectivity index (χ1n) is 13.4. The Morgan fingerprint density at radius 1 is 1.00 bits per heavy atom. The van der Waals surface area contributed by atoms with Crippen molar-refractivity contribution in [1.82, 2.24) is 10.2 Å². The number of amides is 3. The van der Waals surface area contributed by atoms with Crippen LogP contribution in [0, 0.1) is 0 Å². The average molecular weight is 598 g/mol. The lowest BCUT2D eigenvalue weighted by Gasteiger charge is -2.30. The molecule has 4 rings (SSSR count). The van der Waals surface area contributed by atoms with Gasteiger partial charge in [-0.05, 0) is 93.0 Å². The highest BCUT2D eigenvalue weighted by Crippen LogP contribution is 2.41. The molecule has 0 saturated heterocycles. The summed E-state index contributed by atoms with van der Waals surface area (Å²) in [6.07, 6.45) is 0.919. The van der Waals surface area contributed by atoms with Crippen LogP contribution >= 0.6 is 23.2 Å². The predicted octanol–water partition coefficient (Wildman–Crippen LogP) is 5.81. The fraction of sp³-hybridized carbons (Fsp3) is 0.323. The van der Waals surface area contributed by atoms with Crippen LogP contribution < -0.4 is 15.5 Å². The second-order valence-corrected chi connectivity index (χ2v) is 11.1. The molecule has 0 bridgehead atoms. The van der Waals surface area contributed by atoms with E-state index in [1.54, 1.807) is 66.6 Å². The molecule has 2 N–H and O–H groups in total. The number of fused-ring (bicyclic) bond motifs is 1. The molecule has 3 amide bonds. The van der Waals surface area contributed by atoms with Crippen molar-refractivity contribution in [3.8, 4) is 0 Å². The van der Waals surface area contributed by atoms with Crippen molar-refractivity contribution >= 4 is 52.3 Å². The van der Waals surface area contributed by atoms with Gasteiger partial charge in [-0.15, -0.1) is 0 Å². The highest BCUT2D eigenvalue weighted by molar-refractivity contribution is 6.34. The number of hydrogen-bond donors (Lipinski definition) is 2. The van der Waals surface area contributed by atoms with Crippen LogP contribution in [0.2, 0.25) is 10.0 Å². The van der Waals surface area contributed by atoms with Gasteiger partial charge in [0.2, 0.25) is 5.91 Å². The number of nitrogens with zero attached hydrogens (tertiary/aromatic N) is 2. The maximum atomic E-state index is 13.9. The van der Waals surface area contributed by atoms with Crippen LogP contribution in [0.15, 0.2) is 66.7 Å². The number of carbonyl (C=O) groups excluding carboxylic acids is 3. The van der Waals surface area contributed by atoms with E-state index >= 15 is 0 Å². The van der Waals surface area contributed by atoms with Crippen molar-refractivity contribution in [2.45, 2.75) is 31.4 Å². The standard InChI is InChI=1S/C31H34Cl2N4O4/c1-36(2)17-16-34-28(38)18-21-10-15-29(41-3)37(27-14-11-22(32)19-25(21)27)31(40)20-8-12-23(13-9-20)35-30(39)24-6-4-5-7-26(24)33/h4-9,11-14,19,21,29H,10,15-18H2,1-3H3,(H,34,38)(H,35,39). The normalized spacial score (nSPS) is 16.6. The molecule has 0 radical (unpaired) electrons. The summed E-state index contributed by atoms with van der Waals surface area (Å²) in [7, 11) is 5.48. The third kappa shape index (κ3) is 7.65. The van der Waals surface area contributed by atoms with E-state index in [9.17, 15) is 14.4 Å². The molecule has 2 unspecified atom stereocenters. The lowest BCUT2D eigenvalue weighted by atomic mass is 9.90. The monoisotopic (exact) mass is 596 g/mol. The molecule has 10 heteroatoms. The van der Waals surface area contributed by atoms with Crippen molar-refractivity contribution < 1.29 is 19.1 Å². The fourth-order valence-electron chi connectivity index (χ4n) is 4.92. The van der Waals surface area contributed by atoms with Gasteiger partial charge in [0.1, 0.15) is 6.23 Å². The summed E-state index contributed by atoms with van der Waals surface area (Å²) in [5, 5.41) is 6.68. The quantitative estimate of drug-likeness (QED) is 0.325. The van der Waals surface area contributed by atoms with Crippen molar-refractivity contribution in [1.29, 1.82) is 0 Å². The number of benzene rings is 3. The molecule has 1 aliphatic rings. The smallest absolute Gasteiger partial charge is 0.260 e. The molecule has 3 aromatic rings. The Bertz CT molecular complexity index is 1400. The highest BCUT2D eigenvalue weighted by Gasteiger charge is 2.34. The summed E-state index contributed by atoms with van der Waals surface area (Å²) >= 11 is 12.5. The Kier molecular flexibility index (Phi) is 10.4. The molecule has 1 aliphatic heterocycles. The molecule has 0 fully saturated rings. The first kappa shape index (κ1) is 30.5. The first-order valence-corrected chi connectivity index (χ1v) is 14.2. The summed E-state index contributed by atoms with van der Waals surface area (Å²) in [4.78, 5) is 43.0. The van der Waals surface area contributed by atoms with Gasteiger partial charge in [-0.25, -0.2) is 0 Å². The molecule has 216 valence electrons. The molecule has 1 heterocycles. The van der Waals surface area contributed by atoms with Gasteiger partial charge >= 0.3 is 0 Å². The zero-order valence-electron chi connectivity index (χ0n) is 23.3. The Labute approximate surface area is 250 Å². The van der Waals surface area contributed by atoms with Gasteiger partial charge in [0, 0.05) is 42.9 Å². The number of anilines is 2. The van der Waals surface area contributed by atoms with E-state index < -0.39 is 6.23 Å². The van der Waals surface area contributed by atoms with E-state index in [-0.39, 0.29) is 30.1 Å². The predicted molar refractivity (Wildman–Crippen MR) is 163 cm³/mol. The molecule has 8 nitrogen and oxygen atoms in total. The topological polar surface area (TPSA) is 91.0 Å². The van der Waals surface area contributed by atoms with Crippen LogP contribution in [-0.4, -0.2) is 63.1 Å². The summed E-state index contributed by atoms with van der Waals surface area (Å²) in [6, 6.07) is 18.8. The SMILES string of the molecule is COC1CCC(CC(=O)NCCN(C)C)c2cc(Cl)ccc2N1C(=O)c1ccc(NC(=O)c2ccccc2Cl)cc1. The third-order valence-electron chi connectivity index (χ3n) is 7.05. The number of likely N-dealkylation sites (N-methyl/N-ethyl adjacent to an activating group) is 1. The van der Waals surface area contributed by atoms with E-state index in [0.29, 0.717) is 51.9 Å². The second-order valence-electron chi connectivity index (χ2n) is 10.2. The summed E-state index contributed by atoms with van der Waals surface area (Å²) in [5.41, 5.74) is 2.79. The number of methoxy groups -OCH3 is 1. The lowest BCUT2D eigenvalue weighted by molar-refractivity contribution is -0.121. The van der Waals surface area contributed by atoms with Crippen molar-refractivity contribution in [2.75, 3.05) is 44.5 Å². The van der Waals surface area contributed by atoms with E-state index in [0.717, 1.165) is 12.1 Å². The van der Waals surface area contributed by atoms with Crippen molar-refractivity contribution in [2.24, 2.45) is 0 Å². The minimum Gasteiger partial charge on any atom is -0.361 e. The lowest BCUT2D eigenvalue weighted by Crippen LogP contribution is -2.41. The Morgan fingerprint density at radius 2 is 1.73 bits per heavy atom. The summed E-state index contributed by atoms with van der Waals surface area (Å²) in [5.74, 6) is -0.795. The third-order valence-corrected chi connectivity index (χ3v) is 7.62. The Balaban J connectivity index is 1.56. The molecular weight excluding hydrogens is 563 g/mol. The van der Waals surface area contributed by atoms with Gasteiger partial charge in [0.05, 0.1) is 16.3 Å². The van der Waals surface area contributed by atoms with Crippen molar-refractivity contribution in [3.05, 3.63) is 93.5 Å². The molecule has 0 saturated carbocycles. The van der Waals surface area contributed by atoms with Crippen LogP contribution in [-0.2, 0) is 9.53 Å². The van der Waals surface area contributed by atoms with Gasteiger partial charge in [0.25, 0.3) is 11.8 Å². The minimum absolute atomic E-state index is 0.0501. The number of rotatable bonds is 9. The molecule has 0 aromatic heterocycles. The zero-order valence-corrected chi connectivity index (χ0v) is 24.8. The summed E-state index contributed by atoms with van der Waals surface area (Å²) < 4.78 is 5.79. The number of halogens is 2. The molecule has 2 atom stereocenters. The Hall–Kier alpha value is -3.43. The molecular formula is C31H34Cl2N4O4. The highest BCUT2D eigenvalue weighted by atomic mass is 35.5. The molecule has 3 aromatic carbocycles. The number of ether oxygens (including phenoxy) is 1. The maximum Gasteiger partial charge on any atom is 0.260 e. The first-order chi connectivity index (χ1) is 19.7. The van der Waals surface area contributed by atoms with E-state index in [1.165, 1.54) is 0 Å².